The minimum atomic E-state index is 0.314. The fraction of sp³-hybridized carbons (Fsp3) is 0.571. The van der Waals surface area contributed by atoms with Crippen molar-refractivity contribution in [2.45, 2.75) is 26.7 Å². The van der Waals surface area contributed by atoms with Gasteiger partial charge in [-0.2, -0.15) is 0 Å². The first-order chi connectivity index (χ1) is 8.01. The van der Waals surface area contributed by atoms with Crippen LogP contribution in [-0.2, 0) is 6.42 Å². The summed E-state index contributed by atoms with van der Waals surface area (Å²) in [5.74, 6) is 0.720. The molecule has 0 saturated carbocycles. The fourth-order valence-corrected chi connectivity index (χ4v) is 4.49. The summed E-state index contributed by atoms with van der Waals surface area (Å²) in [7, 11) is 0. The largest absolute Gasteiger partial charge is 0.0922 e. The molecule has 0 radical (unpaired) electrons. The molecule has 0 saturated heterocycles. The quantitative estimate of drug-likeness (QED) is 0.503. The van der Waals surface area contributed by atoms with Gasteiger partial charge in [-0.05, 0) is 41.9 Å². The Kier molecular flexibility index (Phi) is 6.75. The maximum Gasteiger partial charge on any atom is 0.0177 e. The summed E-state index contributed by atoms with van der Waals surface area (Å²) in [6, 6.07) is 8.63. The summed E-state index contributed by atoms with van der Waals surface area (Å²) in [5, 5.41) is 2.08. The van der Waals surface area contributed by atoms with Crippen LogP contribution in [0.2, 0.25) is 0 Å². The Morgan fingerprint density at radius 2 is 1.82 bits per heavy atom. The van der Waals surface area contributed by atoms with Gasteiger partial charge in [0, 0.05) is 15.1 Å². The molecule has 17 heavy (non-hydrogen) atoms. The second kappa shape index (κ2) is 7.30. The highest BCUT2D eigenvalue weighted by atomic mass is 79.9. The van der Waals surface area contributed by atoms with E-state index in [1.54, 1.807) is 0 Å². The van der Waals surface area contributed by atoms with Gasteiger partial charge in [-0.25, -0.2) is 0 Å². The molecule has 0 spiro atoms. The first-order valence-electron chi connectivity index (χ1n) is 5.88. The highest BCUT2D eigenvalue weighted by molar-refractivity contribution is 9.10. The van der Waals surface area contributed by atoms with Crippen molar-refractivity contribution in [3.05, 3.63) is 34.3 Å². The number of rotatable bonds is 6. The van der Waals surface area contributed by atoms with Gasteiger partial charge in [0.15, 0.2) is 0 Å². The van der Waals surface area contributed by atoms with Crippen molar-refractivity contribution in [1.82, 2.24) is 0 Å². The van der Waals surface area contributed by atoms with Crippen molar-refractivity contribution in [2.75, 3.05) is 10.7 Å². The summed E-state index contributed by atoms with van der Waals surface area (Å²) in [6.45, 7) is 4.59. The number of halogens is 3. The summed E-state index contributed by atoms with van der Waals surface area (Å²) >= 11 is 10.9. The molecule has 1 aromatic carbocycles. The minimum Gasteiger partial charge on any atom is -0.0922 e. The first-order valence-corrected chi connectivity index (χ1v) is 8.91. The van der Waals surface area contributed by atoms with Crippen LogP contribution < -0.4 is 0 Å². The van der Waals surface area contributed by atoms with Crippen molar-refractivity contribution in [3.8, 4) is 0 Å². The monoisotopic (exact) mass is 424 g/mol. The van der Waals surface area contributed by atoms with E-state index in [1.807, 2.05) is 0 Å². The molecule has 0 heterocycles. The maximum absolute atomic E-state index is 3.70. The van der Waals surface area contributed by atoms with Crippen LogP contribution >= 0.6 is 47.8 Å². The highest BCUT2D eigenvalue weighted by Crippen LogP contribution is 2.35. The van der Waals surface area contributed by atoms with Gasteiger partial charge < -0.3 is 0 Å². The third-order valence-corrected chi connectivity index (χ3v) is 5.75. The standard InChI is InChI=1S/C14H19Br3/c1-11(2)7-14(9-15,10-16)8-12-4-3-5-13(17)6-12/h3-6,11H,7-10H2,1-2H3. The number of benzene rings is 1. The molecule has 0 aliphatic carbocycles. The lowest BCUT2D eigenvalue weighted by Crippen LogP contribution is -2.29. The second-order valence-corrected chi connectivity index (χ2v) is 7.21. The van der Waals surface area contributed by atoms with Gasteiger partial charge in [-0.3, -0.25) is 0 Å². The SMILES string of the molecule is CC(C)CC(CBr)(CBr)Cc1cccc(Br)c1. The van der Waals surface area contributed by atoms with E-state index in [0.717, 1.165) is 27.5 Å². The fourth-order valence-electron chi connectivity index (χ4n) is 2.26. The van der Waals surface area contributed by atoms with E-state index in [0.29, 0.717) is 5.41 Å². The van der Waals surface area contributed by atoms with E-state index in [1.165, 1.54) is 12.0 Å². The Bertz CT molecular complexity index is 343. The minimum absolute atomic E-state index is 0.314. The maximum atomic E-state index is 3.70. The molecular weight excluding hydrogens is 408 g/mol. The Morgan fingerprint density at radius 1 is 1.18 bits per heavy atom. The molecule has 3 heteroatoms. The molecule has 0 atom stereocenters. The molecule has 0 N–H and O–H groups in total. The van der Waals surface area contributed by atoms with Crippen molar-refractivity contribution >= 4 is 47.8 Å². The molecule has 0 aliphatic rings. The van der Waals surface area contributed by atoms with Crippen molar-refractivity contribution in [3.63, 3.8) is 0 Å². The second-order valence-electron chi connectivity index (χ2n) is 5.17. The summed E-state index contributed by atoms with van der Waals surface area (Å²) < 4.78 is 1.16. The van der Waals surface area contributed by atoms with E-state index in [9.17, 15) is 0 Å². The molecule has 1 aromatic rings. The van der Waals surface area contributed by atoms with Gasteiger partial charge in [-0.1, -0.05) is 73.8 Å². The molecule has 0 aliphatic heterocycles. The number of hydrogen-bond acceptors (Lipinski definition) is 0. The van der Waals surface area contributed by atoms with Crippen molar-refractivity contribution < 1.29 is 0 Å². The van der Waals surface area contributed by atoms with Crippen molar-refractivity contribution in [2.24, 2.45) is 11.3 Å². The zero-order valence-electron chi connectivity index (χ0n) is 10.3. The van der Waals surface area contributed by atoms with Gasteiger partial charge >= 0.3 is 0 Å². The molecule has 0 amide bonds. The molecule has 0 nitrogen and oxygen atoms in total. The lowest BCUT2D eigenvalue weighted by molar-refractivity contribution is 0.304. The summed E-state index contributed by atoms with van der Waals surface area (Å²) in [5.41, 5.74) is 1.72. The van der Waals surface area contributed by atoms with Crippen LogP contribution in [0.1, 0.15) is 25.8 Å². The van der Waals surface area contributed by atoms with E-state index in [-0.39, 0.29) is 0 Å². The predicted molar refractivity (Wildman–Crippen MR) is 87.3 cm³/mol. The molecule has 96 valence electrons. The van der Waals surface area contributed by atoms with Crippen LogP contribution in [0.25, 0.3) is 0 Å². The Balaban J connectivity index is 2.85. The van der Waals surface area contributed by atoms with E-state index in [4.69, 9.17) is 0 Å². The Hall–Kier alpha value is 0.660. The summed E-state index contributed by atoms with van der Waals surface area (Å²) in [6.07, 6.45) is 2.34. The van der Waals surface area contributed by atoms with Gasteiger partial charge in [0.2, 0.25) is 0 Å². The average Bonchev–Trinajstić information content (AvgIpc) is 2.27. The van der Waals surface area contributed by atoms with E-state index in [2.05, 4.69) is 85.9 Å². The van der Waals surface area contributed by atoms with Crippen LogP contribution in [0.5, 0.6) is 0 Å². The zero-order valence-corrected chi connectivity index (χ0v) is 15.1. The van der Waals surface area contributed by atoms with Gasteiger partial charge in [0.25, 0.3) is 0 Å². The van der Waals surface area contributed by atoms with Crippen molar-refractivity contribution in [1.29, 1.82) is 0 Å². The smallest absolute Gasteiger partial charge is 0.0177 e. The van der Waals surface area contributed by atoms with E-state index < -0.39 is 0 Å². The number of alkyl halides is 2. The number of hydrogen-bond donors (Lipinski definition) is 0. The molecular formula is C14H19Br3. The normalized spacial score (nSPS) is 12.1. The average molecular weight is 427 g/mol. The summed E-state index contributed by atoms with van der Waals surface area (Å²) in [4.78, 5) is 0. The van der Waals surface area contributed by atoms with Gasteiger partial charge in [-0.15, -0.1) is 0 Å². The van der Waals surface area contributed by atoms with Gasteiger partial charge in [0.05, 0.1) is 0 Å². The van der Waals surface area contributed by atoms with Crippen LogP contribution in [-0.4, -0.2) is 10.7 Å². The van der Waals surface area contributed by atoms with Crippen LogP contribution in [0.3, 0.4) is 0 Å². The third kappa shape index (κ3) is 5.04. The van der Waals surface area contributed by atoms with Gasteiger partial charge in [0.1, 0.15) is 0 Å². The molecule has 0 fully saturated rings. The van der Waals surface area contributed by atoms with Crippen LogP contribution in [0.15, 0.2) is 28.7 Å². The molecule has 0 bridgehead atoms. The zero-order chi connectivity index (χ0) is 12.9. The highest BCUT2D eigenvalue weighted by Gasteiger charge is 2.29. The van der Waals surface area contributed by atoms with Crippen LogP contribution in [0, 0.1) is 11.3 Å². The van der Waals surface area contributed by atoms with Crippen LogP contribution in [0.4, 0.5) is 0 Å². The molecule has 0 unspecified atom stereocenters. The predicted octanol–water partition coefficient (Wildman–Crippen LogP) is 5.81. The topological polar surface area (TPSA) is 0 Å². The molecule has 0 aromatic heterocycles. The van der Waals surface area contributed by atoms with E-state index >= 15 is 0 Å². The first kappa shape index (κ1) is 15.7. The lowest BCUT2D eigenvalue weighted by atomic mass is 9.79. The Labute approximate surface area is 130 Å². The molecule has 1 rings (SSSR count). The third-order valence-electron chi connectivity index (χ3n) is 2.88. The Morgan fingerprint density at radius 3 is 2.29 bits per heavy atom. The lowest BCUT2D eigenvalue weighted by Gasteiger charge is -2.32.